The van der Waals surface area contributed by atoms with Crippen molar-refractivity contribution in [2.45, 2.75) is 44.8 Å². The number of likely N-dealkylation sites (tertiary alicyclic amines) is 1. The highest BCUT2D eigenvalue weighted by Crippen LogP contribution is 2.47. The lowest BCUT2D eigenvalue weighted by Gasteiger charge is -2.42. The van der Waals surface area contributed by atoms with Crippen molar-refractivity contribution in [3.8, 4) is 0 Å². The summed E-state index contributed by atoms with van der Waals surface area (Å²) in [5, 5.41) is 5.40. The van der Waals surface area contributed by atoms with Gasteiger partial charge in [0.05, 0.1) is 16.5 Å². The lowest BCUT2D eigenvalue weighted by molar-refractivity contribution is -0.141. The molecule has 0 aromatic heterocycles. The van der Waals surface area contributed by atoms with Crippen molar-refractivity contribution >= 4 is 17.7 Å². The molecule has 2 fully saturated rings. The fraction of sp³-hybridized carbons (Fsp3) is 0.444. The van der Waals surface area contributed by atoms with Gasteiger partial charge in [-0.15, -0.1) is 0 Å². The number of nitrogens with zero attached hydrogens (tertiary/aromatic N) is 1. The maximum Gasteiger partial charge on any atom is 0.416 e. The highest BCUT2D eigenvalue weighted by atomic mass is 19.4. The topological polar surface area (TPSA) is 78.5 Å². The predicted molar refractivity (Wildman–Crippen MR) is 128 cm³/mol. The van der Waals surface area contributed by atoms with E-state index in [1.54, 1.807) is 18.7 Å². The maximum absolute atomic E-state index is 14.2. The van der Waals surface area contributed by atoms with Gasteiger partial charge in [0.1, 0.15) is 11.9 Å². The smallest absolute Gasteiger partial charge is 0.355 e. The Bertz CT molecular complexity index is 1180. The molecule has 4 rings (SSSR count). The van der Waals surface area contributed by atoms with Crippen LogP contribution >= 0.6 is 0 Å². The van der Waals surface area contributed by atoms with Gasteiger partial charge in [-0.2, -0.15) is 13.2 Å². The van der Waals surface area contributed by atoms with E-state index in [4.69, 9.17) is 0 Å². The fourth-order valence-corrected chi connectivity index (χ4v) is 5.35. The molecular weight excluding hydrogens is 490 g/mol. The third-order valence-corrected chi connectivity index (χ3v) is 7.51. The Morgan fingerprint density at radius 1 is 1.08 bits per heavy atom. The Hall–Kier alpha value is -3.43. The van der Waals surface area contributed by atoms with E-state index in [1.807, 2.05) is 30.3 Å². The van der Waals surface area contributed by atoms with Crippen LogP contribution in [-0.2, 0) is 15.8 Å². The minimum Gasteiger partial charge on any atom is -0.355 e. The summed E-state index contributed by atoms with van der Waals surface area (Å²) in [6, 6.07) is 10.3. The highest BCUT2D eigenvalue weighted by molar-refractivity contribution is 5.98. The molecular formula is C27H29F4N3O3. The van der Waals surface area contributed by atoms with Gasteiger partial charge in [-0.05, 0) is 42.5 Å². The maximum atomic E-state index is 14.2. The molecule has 1 spiro atoms. The standard InChI is InChI=1S/C27H29F4N3O3/c1-16(2)22(33-23(35)19-14-18(27(29,30)31)8-9-21(19)28)24(36)34-12-10-26(11-13-34)20(15-32-25(26)37)17-6-4-3-5-7-17/h3-9,14,16,20,22H,10-13,15H2,1-2H3,(H,32,37)(H,33,35). The van der Waals surface area contributed by atoms with E-state index in [0.717, 1.165) is 5.56 Å². The normalized spacial score (nSPS) is 20.1. The van der Waals surface area contributed by atoms with E-state index >= 15 is 0 Å². The van der Waals surface area contributed by atoms with Crippen LogP contribution in [0.5, 0.6) is 0 Å². The summed E-state index contributed by atoms with van der Waals surface area (Å²) in [6.07, 6.45) is -3.87. The van der Waals surface area contributed by atoms with Gasteiger partial charge in [0.25, 0.3) is 5.91 Å². The molecule has 2 aromatic rings. The first-order valence-electron chi connectivity index (χ1n) is 12.2. The van der Waals surface area contributed by atoms with Crippen molar-refractivity contribution in [1.29, 1.82) is 0 Å². The van der Waals surface area contributed by atoms with Crippen molar-refractivity contribution in [2.75, 3.05) is 19.6 Å². The van der Waals surface area contributed by atoms with E-state index in [1.165, 1.54) is 0 Å². The average molecular weight is 520 g/mol. The SMILES string of the molecule is CC(C)C(NC(=O)c1cc(C(F)(F)F)ccc1F)C(=O)N1CCC2(CC1)C(=O)NCC2c1ccccc1. The number of rotatable bonds is 5. The second-order valence-corrected chi connectivity index (χ2v) is 10.0. The molecule has 2 heterocycles. The number of amides is 3. The van der Waals surface area contributed by atoms with Crippen molar-refractivity contribution in [3.63, 3.8) is 0 Å². The fourth-order valence-electron chi connectivity index (χ4n) is 5.35. The lowest BCUT2D eigenvalue weighted by Crippen LogP contribution is -2.55. The van der Waals surface area contributed by atoms with Gasteiger partial charge in [0.15, 0.2) is 0 Å². The van der Waals surface area contributed by atoms with Crippen molar-refractivity contribution < 1.29 is 31.9 Å². The van der Waals surface area contributed by atoms with Crippen LogP contribution in [0.4, 0.5) is 17.6 Å². The summed E-state index contributed by atoms with van der Waals surface area (Å²) in [7, 11) is 0. The number of halogens is 4. The molecule has 0 aliphatic carbocycles. The molecule has 2 atom stereocenters. The zero-order valence-corrected chi connectivity index (χ0v) is 20.6. The van der Waals surface area contributed by atoms with Crippen molar-refractivity contribution in [3.05, 3.63) is 71.0 Å². The second-order valence-electron chi connectivity index (χ2n) is 10.0. The largest absolute Gasteiger partial charge is 0.416 e. The third kappa shape index (κ3) is 5.19. The number of alkyl halides is 3. The first kappa shape index (κ1) is 26.6. The molecule has 0 saturated carbocycles. The summed E-state index contributed by atoms with van der Waals surface area (Å²) >= 11 is 0. The van der Waals surface area contributed by atoms with Gasteiger partial charge in [0.2, 0.25) is 11.8 Å². The molecule has 37 heavy (non-hydrogen) atoms. The number of carbonyl (C=O) groups excluding carboxylic acids is 3. The highest BCUT2D eigenvalue weighted by Gasteiger charge is 2.52. The van der Waals surface area contributed by atoms with Crippen molar-refractivity contribution in [2.24, 2.45) is 11.3 Å². The lowest BCUT2D eigenvalue weighted by atomic mass is 9.68. The summed E-state index contributed by atoms with van der Waals surface area (Å²) in [5.41, 5.74) is -1.53. The Morgan fingerprint density at radius 3 is 2.32 bits per heavy atom. The summed E-state index contributed by atoms with van der Waals surface area (Å²) < 4.78 is 53.4. The second kappa shape index (κ2) is 10.1. The molecule has 2 aliphatic rings. The number of piperidine rings is 1. The summed E-state index contributed by atoms with van der Waals surface area (Å²) in [4.78, 5) is 40.6. The molecule has 198 valence electrons. The number of carbonyl (C=O) groups is 3. The van der Waals surface area contributed by atoms with Crippen LogP contribution in [0.2, 0.25) is 0 Å². The quantitative estimate of drug-likeness (QED) is 0.584. The number of benzene rings is 2. The number of hydrogen-bond donors (Lipinski definition) is 2. The zero-order chi connectivity index (χ0) is 27.0. The summed E-state index contributed by atoms with van der Waals surface area (Å²) in [6.45, 7) is 4.46. The van der Waals surface area contributed by atoms with E-state index in [2.05, 4.69) is 10.6 Å². The van der Waals surface area contributed by atoms with E-state index in [0.29, 0.717) is 37.6 Å². The van der Waals surface area contributed by atoms with Gasteiger partial charge < -0.3 is 15.5 Å². The Kier molecular flexibility index (Phi) is 7.30. The Morgan fingerprint density at radius 2 is 1.73 bits per heavy atom. The van der Waals surface area contributed by atoms with Crippen molar-refractivity contribution in [1.82, 2.24) is 15.5 Å². The number of nitrogens with one attached hydrogen (secondary N) is 2. The minimum atomic E-state index is -4.75. The summed E-state index contributed by atoms with van der Waals surface area (Å²) in [5.74, 6) is -3.10. The van der Waals surface area contributed by atoms with Gasteiger partial charge in [-0.3, -0.25) is 14.4 Å². The first-order valence-corrected chi connectivity index (χ1v) is 12.2. The number of hydrogen-bond acceptors (Lipinski definition) is 3. The van der Waals surface area contributed by atoms with Crippen LogP contribution in [0.1, 0.15) is 54.1 Å². The molecule has 6 nitrogen and oxygen atoms in total. The minimum absolute atomic E-state index is 0.0251. The van der Waals surface area contributed by atoms with Crippen LogP contribution in [0.3, 0.4) is 0 Å². The zero-order valence-electron chi connectivity index (χ0n) is 20.6. The van der Waals surface area contributed by atoms with E-state index in [-0.39, 0.29) is 24.9 Å². The van der Waals surface area contributed by atoms with E-state index < -0.39 is 52.3 Å². The van der Waals surface area contributed by atoms with Gasteiger partial charge in [-0.1, -0.05) is 44.2 Å². The van der Waals surface area contributed by atoms with Crippen LogP contribution in [0.15, 0.2) is 48.5 Å². The predicted octanol–water partition coefficient (Wildman–Crippen LogP) is 4.12. The molecule has 2 unspecified atom stereocenters. The van der Waals surface area contributed by atoms with E-state index in [9.17, 15) is 31.9 Å². The molecule has 2 saturated heterocycles. The molecule has 10 heteroatoms. The Labute approximate surface area is 212 Å². The Balaban J connectivity index is 1.48. The van der Waals surface area contributed by atoms with Crippen LogP contribution in [0, 0.1) is 17.2 Å². The monoisotopic (exact) mass is 519 g/mol. The van der Waals surface area contributed by atoms with Gasteiger partial charge >= 0.3 is 6.18 Å². The molecule has 2 N–H and O–H groups in total. The average Bonchev–Trinajstić information content (AvgIpc) is 3.17. The first-order chi connectivity index (χ1) is 17.4. The molecule has 2 aromatic carbocycles. The molecule has 0 radical (unpaired) electrons. The van der Waals surface area contributed by atoms with Crippen LogP contribution < -0.4 is 10.6 Å². The van der Waals surface area contributed by atoms with Gasteiger partial charge in [0, 0.05) is 25.6 Å². The van der Waals surface area contributed by atoms with Gasteiger partial charge in [-0.25, -0.2) is 4.39 Å². The molecule has 0 bridgehead atoms. The van der Waals surface area contributed by atoms with Crippen LogP contribution in [0.25, 0.3) is 0 Å². The van der Waals surface area contributed by atoms with Crippen LogP contribution in [-0.4, -0.2) is 48.3 Å². The molecule has 3 amide bonds. The molecule has 2 aliphatic heterocycles. The third-order valence-electron chi connectivity index (χ3n) is 7.51.